The second-order valence-electron chi connectivity index (χ2n) is 6.48. The van der Waals surface area contributed by atoms with E-state index in [-0.39, 0.29) is 0 Å². The maximum absolute atomic E-state index is 13.6. The van der Waals surface area contributed by atoms with Crippen molar-refractivity contribution in [1.29, 1.82) is 0 Å². The predicted octanol–water partition coefficient (Wildman–Crippen LogP) is 4.34. The van der Waals surface area contributed by atoms with E-state index in [4.69, 9.17) is 9.47 Å². The van der Waals surface area contributed by atoms with E-state index in [2.05, 4.69) is 11.5 Å². The Hall–Kier alpha value is -2.43. The number of rotatable bonds is 6. The minimum atomic E-state index is -0.813. The summed E-state index contributed by atoms with van der Waals surface area (Å²) in [5, 5.41) is 0. The highest BCUT2D eigenvalue weighted by molar-refractivity contribution is 5.99. The summed E-state index contributed by atoms with van der Waals surface area (Å²) in [6, 6.07) is 8.18. The van der Waals surface area contributed by atoms with Gasteiger partial charge in [0.25, 0.3) is 0 Å². The highest BCUT2D eigenvalue weighted by atomic mass is 19.2. The molecule has 0 amide bonds. The van der Waals surface area contributed by atoms with Crippen LogP contribution in [0.2, 0.25) is 0 Å². The molecular formula is C21H24F2NO2+. The van der Waals surface area contributed by atoms with Gasteiger partial charge < -0.3 is 9.47 Å². The largest absolute Gasteiger partial charge is 0.493 e. The van der Waals surface area contributed by atoms with Crippen LogP contribution < -0.4 is 9.47 Å². The first-order valence-electron chi connectivity index (χ1n) is 8.87. The van der Waals surface area contributed by atoms with Crippen LogP contribution >= 0.6 is 0 Å². The first-order chi connectivity index (χ1) is 12.6. The molecule has 0 aliphatic carbocycles. The van der Waals surface area contributed by atoms with Crippen molar-refractivity contribution in [2.45, 2.75) is 32.7 Å². The van der Waals surface area contributed by atoms with Crippen molar-refractivity contribution in [3.63, 3.8) is 0 Å². The van der Waals surface area contributed by atoms with E-state index in [0.29, 0.717) is 12.3 Å². The van der Waals surface area contributed by atoms with Gasteiger partial charge in [-0.2, -0.15) is 0 Å². The molecule has 0 bridgehead atoms. The zero-order valence-electron chi connectivity index (χ0n) is 15.4. The van der Waals surface area contributed by atoms with Gasteiger partial charge in [-0.3, -0.25) is 0 Å². The van der Waals surface area contributed by atoms with E-state index in [1.807, 2.05) is 12.1 Å². The quantitative estimate of drug-likeness (QED) is 0.715. The van der Waals surface area contributed by atoms with Gasteiger partial charge in [-0.15, -0.1) is 0 Å². The van der Waals surface area contributed by atoms with Gasteiger partial charge in [-0.05, 0) is 42.3 Å². The van der Waals surface area contributed by atoms with Crippen LogP contribution in [-0.2, 0) is 13.0 Å². The van der Waals surface area contributed by atoms with E-state index < -0.39 is 11.6 Å². The molecule has 0 unspecified atom stereocenters. The molecule has 0 saturated heterocycles. The first-order valence-corrected chi connectivity index (χ1v) is 8.87. The Balaban J connectivity index is 2.04. The Bertz CT molecular complexity index is 846. The summed E-state index contributed by atoms with van der Waals surface area (Å²) < 4.78 is 39.9. The lowest BCUT2D eigenvalue weighted by Gasteiger charge is -2.21. The number of benzene rings is 2. The number of hydrogen-bond acceptors (Lipinski definition) is 2. The van der Waals surface area contributed by atoms with Crippen molar-refractivity contribution in [3.05, 3.63) is 58.7 Å². The number of halogens is 2. The summed E-state index contributed by atoms with van der Waals surface area (Å²) in [6.45, 7) is 3.52. The molecule has 26 heavy (non-hydrogen) atoms. The molecule has 3 nitrogen and oxygen atoms in total. The van der Waals surface area contributed by atoms with Crippen molar-refractivity contribution < 1.29 is 22.8 Å². The van der Waals surface area contributed by atoms with E-state index in [1.54, 1.807) is 20.3 Å². The Labute approximate surface area is 152 Å². The van der Waals surface area contributed by atoms with Crippen molar-refractivity contribution in [3.8, 4) is 11.5 Å². The van der Waals surface area contributed by atoms with Crippen LogP contribution in [0, 0.1) is 11.6 Å². The fourth-order valence-corrected chi connectivity index (χ4v) is 3.52. The van der Waals surface area contributed by atoms with Crippen LogP contribution in [0.4, 0.5) is 8.78 Å². The average molecular weight is 360 g/mol. The van der Waals surface area contributed by atoms with E-state index in [9.17, 15) is 8.78 Å². The van der Waals surface area contributed by atoms with Gasteiger partial charge >= 0.3 is 0 Å². The molecular weight excluding hydrogens is 336 g/mol. The molecule has 2 aromatic rings. The van der Waals surface area contributed by atoms with E-state index in [0.717, 1.165) is 42.7 Å². The van der Waals surface area contributed by atoms with E-state index >= 15 is 0 Å². The van der Waals surface area contributed by atoms with Crippen LogP contribution in [0.1, 0.15) is 36.5 Å². The minimum absolute atomic E-state index is 0.556. The molecule has 0 atom stereocenters. The van der Waals surface area contributed by atoms with Crippen LogP contribution in [0.15, 0.2) is 30.3 Å². The molecule has 0 N–H and O–H groups in total. The van der Waals surface area contributed by atoms with Crippen molar-refractivity contribution >= 4 is 5.71 Å². The van der Waals surface area contributed by atoms with Gasteiger partial charge in [0, 0.05) is 24.0 Å². The van der Waals surface area contributed by atoms with Gasteiger partial charge in [0.15, 0.2) is 35.4 Å². The molecule has 138 valence electrons. The summed E-state index contributed by atoms with van der Waals surface area (Å²) >= 11 is 0. The summed E-state index contributed by atoms with van der Waals surface area (Å²) in [7, 11) is 3.27. The fourth-order valence-electron chi connectivity index (χ4n) is 3.52. The molecule has 0 saturated carbocycles. The lowest BCUT2D eigenvalue weighted by molar-refractivity contribution is -0.545. The summed E-state index contributed by atoms with van der Waals surface area (Å²) in [5.74, 6) is -0.179. The van der Waals surface area contributed by atoms with Gasteiger partial charge in [0.05, 0.1) is 14.2 Å². The zero-order chi connectivity index (χ0) is 18.7. The van der Waals surface area contributed by atoms with E-state index in [1.165, 1.54) is 23.4 Å². The highest BCUT2D eigenvalue weighted by Crippen LogP contribution is 2.33. The third-order valence-electron chi connectivity index (χ3n) is 4.80. The molecule has 1 aliphatic heterocycles. The lowest BCUT2D eigenvalue weighted by atomic mass is 9.93. The SMILES string of the molecule is CCCC1=[N+](Cc2ccc(F)c(F)c2)CCc2cc(OC)c(OC)cc21. The molecule has 3 rings (SSSR count). The Morgan fingerprint density at radius 2 is 1.73 bits per heavy atom. The van der Waals surface area contributed by atoms with Gasteiger partial charge in [0.1, 0.15) is 6.54 Å². The monoisotopic (exact) mass is 360 g/mol. The van der Waals surface area contributed by atoms with Crippen molar-refractivity contribution in [1.82, 2.24) is 0 Å². The zero-order valence-corrected chi connectivity index (χ0v) is 15.4. The third-order valence-corrected chi connectivity index (χ3v) is 4.80. The Morgan fingerprint density at radius 1 is 1.00 bits per heavy atom. The number of methoxy groups -OCH3 is 2. The van der Waals surface area contributed by atoms with Crippen LogP contribution in [0.25, 0.3) is 0 Å². The second-order valence-corrected chi connectivity index (χ2v) is 6.48. The smallest absolute Gasteiger partial charge is 0.184 e. The van der Waals surface area contributed by atoms with Crippen molar-refractivity contribution in [2.24, 2.45) is 0 Å². The third kappa shape index (κ3) is 3.57. The Kier molecular flexibility index (Phi) is 5.55. The Morgan fingerprint density at radius 3 is 2.38 bits per heavy atom. The van der Waals surface area contributed by atoms with Crippen molar-refractivity contribution in [2.75, 3.05) is 20.8 Å². The fraction of sp³-hybridized carbons (Fsp3) is 0.381. The van der Waals surface area contributed by atoms with Crippen LogP contribution in [-0.4, -0.2) is 31.1 Å². The number of fused-ring (bicyclic) bond motifs is 1. The van der Waals surface area contributed by atoms with Crippen LogP contribution in [0.3, 0.4) is 0 Å². The minimum Gasteiger partial charge on any atom is -0.493 e. The molecule has 2 aromatic carbocycles. The molecule has 0 fully saturated rings. The topological polar surface area (TPSA) is 21.5 Å². The average Bonchev–Trinajstić information content (AvgIpc) is 2.65. The van der Waals surface area contributed by atoms with Gasteiger partial charge in [-0.1, -0.05) is 6.92 Å². The molecule has 0 spiro atoms. The summed E-state index contributed by atoms with van der Waals surface area (Å²) in [6.07, 6.45) is 2.77. The standard InChI is InChI=1S/C21H24F2NO2/c1-4-5-19-16-12-21(26-3)20(25-2)11-15(16)8-9-24(19)13-14-6-7-17(22)18(23)10-14/h6-7,10-12H,4-5,8-9,13H2,1-3H3/q+1. The highest BCUT2D eigenvalue weighted by Gasteiger charge is 2.27. The predicted molar refractivity (Wildman–Crippen MR) is 97.5 cm³/mol. The maximum Gasteiger partial charge on any atom is 0.184 e. The number of hydrogen-bond donors (Lipinski definition) is 0. The molecule has 0 aromatic heterocycles. The lowest BCUT2D eigenvalue weighted by Crippen LogP contribution is -2.30. The summed E-state index contributed by atoms with van der Waals surface area (Å²) in [4.78, 5) is 0. The maximum atomic E-state index is 13.6. The first kappa shape index (κ1) is 18.4. The van der Waals surface area contributed by atoms with Crippen LogP contribution in [0.5, 0.6) is 11.5 Å². The summed E-state index contributed by atoms with van der Waals surface area (Å²) in [5.41, 5.74) is 4.35. The number of nitrogens with zero attached hydrogens (tertiary/aromatic N) is 1. The molecule has 0 radical (unpaired) electrons. The molecule has 5 heteroatoms. The second kappa shape index (κ2) is 7.85. The normalized spacial score (nSPS) is 13.6. The number of ether oxygens (including phenoxy) is 2. The van der Waals surface area contributed by atoms with Gasteiger partial charge in [-0.25, -0.2) is 13.4 Å². The molecule has 1 heterocycles. The molecule has 1 aliphatic rings. The van der Waals surface area contributed by atoms with Gasteiger partial charge in [0.2, 0.25) is 0 Å².